The first-order chi connectivity index (χ1) is 13.4. The second-order valence-electron chi connectivity index (χ2n) is 7.00. The lowest BCUT2D eigenvalue weighted by atomic mass is 10.0. The van der Waals surface area contributed by atoms with Crippen molar-refractivity contribution in [2.75, 3.05) is 37.4 Å². The molecule has 0 aliphatic heterocycles. The number of hydrogen-bond donors (Lipinski definition) is 3. The highest BCUT2D eigenvalue weighted by atomic mass is 16.5. The molecule has 2 aromatic carbocycles. The summed E-state index contributed by atoms with van der Waals surface area (Å²) in [5.74, 6) is 0.668. The van der Waals surface area contributed by atoms with Gasteiger partial charge in [0, 0.05) is 5.69 Å². The molecule has 2 aromatic rings. The second kappa shape index (κ2) is 10.5. The number of rotatable bonds is 9. The fraction of sp³-hybridized carbons (Fsp3) is 0.364. The minimum Gasteiger partial charge on any atom is -0.495 e. The van der Waals surface area contributed by atoms with Crippen molar-refractivity contribution in [2.45, 2.75) is 26.7 Å². The van der Waals surface area contributed by atoms with Gasteiger partial charge in [-0.25, -0.2) is 0 Å². The molecule has 0 aliphatic rings. The van der Waals surface area contributed by atoms with E-state index in [-0.39, 0.29) is 24.9 Å². The molecule has 0 bridgehead atoms. The van der Waals surface area contributed by atoms with Gasteiger partial charge in [-0.3, -0.25) is 9.59 Å². The topological polar surface area (TPSA) is 71.9 Å². The van der Waals surface area contributed by atoms with Crippen LogP contribution in [0.2, 0.25) is 0 Å². The Morgan fingerprint density at radius 2 is 1.46 bits per heavy atom. The van der Waals surface area contributed by atoms with Gasteiger partial charge in [0.05, 0.1) is 19.3 Å². The summed E-state index contributed by atoms with van der Waals surface area (Å²) in [6.45, 7) is 7.24. The van der Waals surface area contributed by atoms with Crippen molar-refractivity contribution in [2.24, 2.45) is 0 Å². The van der Waals surface area contributed by atoms with Gasteiger partial charge in [-0.2, -0.15) is 0 Å². The van der Waals surface area contributed by atoms with E-state index in [1.807, 2.05) is 43.3 Å². The van der Waals surface area contributed by atoms with E-state index in [0.29, 0.717) is 23.9 Å². The van der Waals surface area contributed by atoms with Crippen LogP contribution in [0.4, 0.5) is 11.4 Å². The molecule has 0 radical (unpaired) electrons. The van der Waals surface area contributed by atoms with Crippen LogP contribution in [0.15, 0.2) is 48.5 Å². The van der Waals surface area contributed by atoms with Gasteiger partial charge in [-0.15, -0.1) is 0 Å². The molecule has 0 fully saturated rings. The largest absolute Gasteiger partial charge is 0.495 e. The maximum atomic E-state index is 12.5. The van der Waals surface area contributed by atoms with Crippen LogP contribution in [0.25, 0.3) is 0 Å². The summed E-state index contributed by atoms with van der Waals surface area (Å²) in [4.78, 5) is 25.8. The Morgan fingerprint density at radius 3 is 2.04 bits per heavy atom. The van der Waals surface area contributed by atoms with Crippen LogP contribution in [0.3, 0.4) is 0 Å². The van der Waals surface area contributed by atoms with E-state index in [1.54, 1.807) is 19.2 Å². The van der Waals surface area contributed by atoms with Crippen LogP contribution in [-0.2, 0) is 9.59 Å². The number of carbonyl (C=O) groups excluding carboxylic acids is 2. The Morgan fingerprint density at radius 1 is 0.929 bits per heavy atom. The predicted molar refractivity (Wildman–Crippen MR) is 112 cm³/mol. The zero-order valence-corrected chi connectivity index (χ0v) is 17.0. The number of carbonyl (C=O) groups is 2. The van der Waals surface area contributed by atoms with Crippen LogP contribution in [-0.4, -0.2) is 38.6 Å². The molecule has 0 saturated heterocycles. The van der Waals surface area contributed by atoms with E-state index < -0.39 is 0 Å². The number of amides is 2. The van der Waals surface area contributed by atoms with Gasteiger partial charge in [0.1, 0.15) is 5.75 Å². The highest BCUT2D eigenvalue weighted by molar-refractivity contribution is 5.94. The molecule has 6 nitrogen and oxygen atoms in total. The van der Waals surface area contributed by atoms with Crippen LogP contribution < -0.4 is 20.3 Å². The smallest absolute Gasteiger partial charge is 0.279 e. The summed E-state index contributed by atoms with van der Waals surface area (Å²) in [6, 6.07) is 15.1. The third-order valence-electron chi connectivity index (χ3n) is 4.56. The van der Waals surface area contributed by atoms with E-state index in [2.05, 4.69) is 24.5 Å². The maximum Gasteiger partial charge on any atom is 0.279 e. The van der Waals surface area contributed by atoms with Crippen molar-refractivity contribution in [3.8, 4) is 5.75 Å². The highest BCUT2D eigenvalue weighted by Gasteiger charge is 2.18. The van der Waals surface area contributed by atoms with E-state index in [9.17, 15) is 9.59 Å². The first-order valence-corrected chi connectivity index (χ1v) is 9.59. The maximum absolute atomic E-state index is 12.5. The number of para-hydroxylation sites is 3. The lowest BCUT2D eigenvalue weighted by Crippen LogP contribution is -3.13. The predicted octanol–water partition coefficient (Wildman–Crippen LogP) is 2.30. The lowest BCUT2D eigenvalue weighted by Gasteiger charge is -2.18. The molecule has 2 amide bonds. The Bertz CT molecular complexity index is 805. The SMILES string of the molecule is CC[NH+](CC(=O)Nc1ccccc1OC)CC(=O)Nc1ccccc1C(C)C. The quantitative estimate of drug-likeness (QED) is 0.621. The van der Waals surface area contributed by atoms with Gasteiger partial charge in [-0.05, 0) is 36.6 Å². The molecular weight excluding hydrogens is 354 g/mol. The van der Waals surface area contributed by atoms with E-state index in [4.69, 9.17) is 4.74 Å². The Kier molecular flexibility index (Phi) is 8.02. The first-order valence-electron chi connectivity index (χ1n) is 9.59. The lowest BCUT2D eigenvalue weighted by molar-refractivity contribution is -0.881. The molecule has 0 heterocycles. The molecule has 6 heteroatoms. The number of quaternary nitrogens is 1. The van der Waals surface area contributed by atoms with Crippen molar-refractivity contribution in [1.82, 2.24) is 0 Å². The molecule has 0 aliphatic carbocycles. The summed E-state index contributed by atoms with van der Waals surface area (Å²) >= 11 is 0. The summed E-state index contributed by atoms with van der Waals surface area (Å²) in [7, 11) is 1.56. The number of likely N-dealkylation sites (N-methyl/N-ethyl adjacent to an activating group) is 1. The minimum atomic E-state index is -0.156. The van der Waals surface area contributed by atoms with Crippen molar-refractivity contribution in [3.05, 3.63) is 54.1 Å². The number of hydrogen-bond acceptors (Lipinski definition) is 3. The van der Waals surface area contributed by atoms with Crippen LogP contribution in [0.5, 0.6) is 5.75 Å². The summed E-state index contributed by atoms with van der Waals surface area (Å²) in [5, 5.41) is 5.84. The first kappa shape index (κ1) is 21.4. The monoisotopic (exact) mass is 384 g/mol. The Labute approximate surface area is 166 Å². The average molecular weight is 385 g/mol. The second-order valence-corrected chi connectivity index (χ2v) is 7.00. The fourth-order valence-corrected chi connectivity index (χ4v) is 3.02. The summed E-state index contributed by atoms with van der Waals surface area (Å²) < 4.78 is 5.25. The molecule has 150 valence electrons. The molecule has 1 unspecified atom stereocenters. The van der Waals surface area contributed by atoms with Crippen molar-refractivity contribution < 1.29 is 19.2 Å². The van der Waals surface area contributed by atoms with E-state index in [0.717, 1.165) is 16.2 Å². The zero-order chi connectivity index (χ0) is 20.5. The Balaban J connectivity index is 1.94. The fourth-order valence-electron chi connectivity index (χ4n) is 3.02. The molecule has 1 atom stereocenters. The van der Waals surface area contributed by atoms with Crippen LogP contribution in [0, 0.1) is 0 Å². The molecule has 0 saturated carbocycles. The molecular formula is C22H30N3O3+. The van der Waals surface area contributed by atoms with Crippen molar-refractivity contribution >= 4 is 23.2 Å². The number of ether oxygens (including phenoxy) is 1. The number of benzene rings is 2. The third-order valence-corrected chi connectivity index (χ3v) is 4.56. The highest BCUT2D eigenvalue weighted by Crippen LogP contribution is 2.23. The molecule has 28 heavy (non-hydrogen) atoms. The molecule has 0 spiro atoms. The minimum absolute atomic E-state index is 0.102. The standard InChI is InChI=1S/C22H29N3O3/c1-5-25(15-22(27)24-19-12-8-9-13-20(19)28-4)14-21(26)23-18-11-7-6-10-17(18)16(2)3/h6-13,16H,5,14-15H2,1-4H3,(H,23,26)(H,24,27)/p+1. The normalized spacial score (nSPS) is 11.8. The van der Waals surface area contributed by atoms with Gasteiger partial charge in [-0.1, -0.05) is 44.2 Å². The molecule has 0 aromatic heterocycles. The van der Waals surface area contributed by atoms with Crippen LogP contribution in [0.1, 0.15) is 32.3 Å². The number of anilines is 2. The molecule has 3 N–H and O–H groups in total. The van der Waals surface area contributed by atoms with Crippen molar-refractivity contribution in [3.63, 3.8) is 0 Å². The number of methoxy groups -OCH3 is 1. The summed E-state index contributed by atoms with van der Waals surface area (Å²) in [5.41, 5.74) is 2.56. The average Bonchev–Trinajstić information content (AvgIpc) is 2.68. The van der Waals surface area contributed by atoms with E-state index in [1.165, 1.54) is 0 Å². The van der Waals surface area contributed by atoms with Gasteiger partial charge in [0.15, 0.2) is 13.1 Å². The molecule has 2 rings (SSSR count). The van der Waals surface area contributed by atoms with Gasteiger partial charge < -0.3 is 20.3 Å². The van der Waals surface area contributed by atoms with E-state index >= 15 is 0 Å². The third kappa shape index (κ3) is 6.09. The number of nitrogens with one attached hydrogen (secondary N) is 3. The summed E-state index contributed by atoms with van der Waals surface area (Å²) in [6.07, 6.45) is 0. The Hall–Kier alpha value is -2.86. The van der Waals surface area contributed by atoms with Gasteiger partial charge in [0.25, 0.3) is 11.8 Å². The van der Waals surface area contributed by atoms with Crippen LogP contribution >= 0.6 is 0 Å². The van der Waals surface area contributed by atoms with Gasteiger partial charge >= 0.3 is 0 Å². The zero-order valence-electron chi connectivity index (χ0n) is 17.0. The van der Waals surface area contributed by atoms with Gasteiger partial charge in [0.2, 0.25) is 0 Å². The van der Waals surface area contributed by atoms with Crippen molar-refractivity contribution in [1.29, 1.82) is 0 Å².